The lowest BCUT2D eigenvalue weighted by atomic mass is 10.2. The topological polar surface area (TPSA) is 83.1 Å². The molecule has 1 aliphatic rings. The number of ether oxygens (including phenoxy) is 1. The fourth-order valence-electron chi connectivity index (χ4n) is 2.90. The molecule has 2 N–H and O–H groups in total. The van der Waals surface area contributed by atoms with Gasteiger partial charge in [0.25, 0.3) is 5.91 Å². The van der Waals surface area contributed by atoms with Crippen LogP contribution in [0.1, 0.15) is 22.3 Å². The Hall–Kier alpha value is -2.82. The molecule has 156 valence electrons. The molecular formula is C20H20FN5O2S2. The maximum atomic E-state index is 13.6. The van der Waals surface area contributed by atoms with Crippen LogP contribution >= 0.6 is 22.7 Å². The van der Waals surface area contributed by atoms with Gasteiger partial charge in [0.05, 0.1) is 29.0 Å². The number of aromatic nitrogens is 3. The second-order valence-electron chi connectivity index (χ2n) is 6.51. The molecule has 7 nitrogen and oxygen atoms in total. The first-order valence-electron chi connectivity index (χ1n) is 9.32. The van der Waals surface area contributed by atoms with E-state index in [0.29, 0.717) is 29.4 Å². The number of hydrogen-bond donors (Lipinski definition) is 2. The van der Waals surface area contributed by atoms with E-state index < -0.39 is 5.82 Å². The van der Waals surface area contributed by atoms with E-state index in [9.17, 15) is 9.18 Å². The van der Waals surface area contributed by atoms with E-state index in [1.807, 2.05) is 6.07 Å². The summed E-state index contributed by atoms with van der Waals surface area (Å²) in [7, 11) is 0. The second-order valence-corrected chi connectivity index (χ2v) is 8.55. The Kier molecular flexibility index (Phi) is 6.07. The minimum Gasteiger partial charge on any atom is -0.378 e. The van der Waals surface area contributed by atoms with Crippen LogP contribution in [0, 0.1) is 5.82 Å². The van der Waals surface area contributed by atoms with Crippen molar-refractivity contribution in [2.75, 3.05) is 31.2 Å². The average molecular weight is 446 g/mol. The van der Waals surface area contributed by atoms with Crippen molar-refractivity contribution in [3.05, 3.63) is 59.2 Å². The first-order chi connectivity index (χ1) is 14.5. The molecule has 1 fully saturated rings. The summed E-state index contributed by atoms with van der Waals surface area (Å²) in [4.78, 5) is 21.0. The SMILES string of the molecule is C=C(/C=C\C(=C/C)NC(=O)c1cc2sc(N3CCOCC3)nc2s1)c1n[nH]cc1F. The van der Waals surface area contributed by atoms with Crippen LogP contribution < -0.4 is 10.2 Å². The van der Waals surface area contributed by atoms with Gasteiger partial charge in [-0.15, -0.1) is 11.3 Å². The van der Waals surface area contributed by atoms with Crippen molar-refractivity contribution in [3.63, 3.8) is 0 Å². The Morgan fingerprint density at radius 1 is 1.37 bits per heavy atom. The summed E-state index contributed by atoms with van der Waals surface area (Å²) in [5.41, 5.74) is 1.13. The third kappa shape index (κ3) is 4.35. The molecule has 4 heterocycles. The summed E-state index contributed by atoms with van der Waals surface area (Å²) < 4.78 is 19.9. The molecule has 4 rings (SSSR count). The molecule has 10 heteroatoms. The standard InChI is InChI=1S/C20H20FN5O2S2/c1-3-13(5-4-12(2)17-14(21)11-22-25-17)23-18(27)15-10-16-19(29-15)24-20(30-16)26-6-8-28-9-7-26/h3-5,10-11H,2,6-9H2,1H3,(H,22,25)(H,23,27)/b5-4-,13-3+. The third-order valence-corrected chi connectivity index (χ3v) is 6.73. The maximum absolute atomic E-state index is 13.6. The summed E-state index contributed by atoms with van der Waals surface area (Å²) in [6, 6.07) is 1.87. The Morgan fingerprint density at radius 2 is 2.17 bits per heavy atom. The highest BCUT2D eigenvalue weighted by Gasteiger charge is 2.19. The lowest BCUT2D eigenvalue weighted by Gasteiger charge is -2.25. The van der Waals surface area contributed by atoms with E-state index in [0.717, 1.165) is 33.9 Å². The van der Waals surface area contributed by atoms with Crippen LogP contribution in [0.5, 0.6) is 0 Å². The Morgan fingerprint density at radius 3 is 2.83 bits per heavy atom. The van der Waals surface area contributed by atoms with Gasteiger partial charge in [0.2, 0.25) is 0 Å². The van der Waals surface area contributed by atoms with E-state index in [-0.39, 0.29) is 11.6 Å². The smallest absolute Gasteiger partial charge is 0.265 e. The van der Waals surface area contributed by atoms with Crippen LogP contribution in [0.3, 0.4) is 0 Å². The quantitative estimate of drug-likeness (QED) is 0.561. The molecule has 0 atom stereocenters. The van der Waals surface area contributed by atoms with Gasteiger partial charge in [0, 0.05) is 18.8 Å². The number of fused-ring (bicyclic) bond motifs is 1. The highest BCUT2D eigenvalue weighted by molar-refractivity contribution is 7.29. The number of halogens is 1. The van der Waals surface area contributed by atoms with Gasteiger partial charge >= 0.3 is 0 Å². The number of anilines is 1. The highest BCUT2D eigenvalue weighted by atomic mass is 32.1. The molecule has 3 aromatic heterocycles. The Labute approximate surface area is 180 Å². The summed E-state index contributed by atoms with van der Waals surface area (Å²) in [5.74, 6) is -0.689. The number of aromatic amines is 1. The maximum Gasteiger partial charge on any atom is 0.265 e. The zero-order valence-electron chi connectivity index (χ0n) is 16.3. The van der Waals surface area contributed by atoms with Crippen LogP contribution in [-0.4, -0.2) is 47.4 Å². The zero-order valence-corrected chi connectivity index (χ0v) is 17.9. The molecule has 30 heavy (non-hydrogen) atoms. The number of allylic oxidation sites excluding steroid dienone is 4. The van der Waals surface area contributed by atoms with Gasteiger partial charge in [0.1, 0.15) is 10.5 Å². The molecule has 0 unspecified atom stereocenters. The van der Waals surface area contributed by atoms with Crippen molar-refractivity contribution in [2.45, 2.75) is 6.92 Å². The predicted octanol–water partition coefficient (Wildman–Crippen LogP) is 3.96. The molecule has 0 aromatic carbocycles. The van der Waals surface area contributed by atoms with Gasteiger partial charge in [-0.2, -0.15) is 5.10 Å². The van der Waals surface area contributed by atoms with Gasteiger partial charge in [-0.05, 0) is 24.6 Å². The largest absolute Gasteiger partial charge is 0.378 e. The van der Waals surface area contributed by atoms with Crippen LogP contribution in [0.25, 0.3) is 15.1 Å². The fraction of sp³-hybridized carbons (Fsp3) is 0.250. The van der Waals surface area contributed by atoms with Crippen molar-refractivity contribution in [1.82, 2.24) is 20.5 Å². The number of carbonyl (C=O) groups excluding carboxylic acids is 1. The predicted molar refractivity (Wildman–Crippen MR) is 118 cm³/mol. The number of carbonyl (C=O) groups is 1. The zero-order chi connectivity index (χ0) is 21.1. The third-order valence-electron chi connectivity index (χ3n) is 4.51. The second kappa shape index (κ2) is 8.90. The number of amides is 1. The molecule has 0 bridgehead atoms. The van der Waals surface area contributed by atoms with E-state index in [1.54, 1.807) is 36.5 Å². The van der Waals surface area contributed by atoms with E-state index in [1.165, 1.54) is 11.3 Å². The van der Waals surface area contributed by atoms with Crippen molar-refractivity contribution in [1.29, 1.82) is 0 Å². The molecule has 0 radical (unpaired) electrons. The molecule has 1 saturated heterocycles. The van der Waals surface area contributed by atoms with Gasteiger partial charge in [-0.1, -0.05) is 30.1 Å². The van der Waals surface area contributed by atoms with Crippen molar-refractivity contribution in [3.8, 4) is 0 Å². The van der Waals surface area contributed by atoms with Crippen LogP contribution in [0.15, 0.2) is 42.8 Å². The lowest BCUT2D eigenvalue weighted by molar-refractivity contribution is 0.0971. The van der Waals surface area contributed by atoms with Gasteiger partial charge < -0.3 is 15.0 Å². The number of hydrogen-bond acceptors (Lipinski definition) is 7. The number of thiophene rings is 1. The first kappa shape index (κ1) is 20.5. The molecule has 3 aromatic rings. The summed E-state index contributed by atoms with van der Waals surface area (Å²) >= 11 is 2.95. The Balaban J connectivity index is 1.42. The van der Waals surface area contributed by atoms with E-state index >= 15 is 0 Å². The number of thiazole rings is 1. The molecule has 0 spiro atoms. The minimum absolute atomic E-state index is 0.147. The van der Waals surface area contributed by atoms with E-state index in [2.05, 4.69) is 32.0 Å². The van der Waals surface area contributed by atoms with Crippen molar-refractivity contribution < 1.29 is 13.9 Å². The number of nitrogens with zero attached hydrogens (tertiary/aromatic N) is 3. The average Bonchev–Trinajstić information content (AvgIpc) is 3.46. The normalized spacial score (nSPS) is 15.3. The summed E-state index contributed by atoms with van der Waals surface area (Å²) in [6.07, 6.45) is 6.19. The lowest BCUT2D eigenvalue weighted by Crippen LogP contribution is -2.36. The molecular weight excluding hydrogens is 425 g/mol. The van der Waals surface area contributed by atoms with Gasteiger partial charge in [-0.3, -0.25) is 9.89 Å². The van der Waals surface area contributed by atoms with Crippen LogP contribution in [-0.2, 0) is 4.74 Å². The molecule has 0 saturated carbocycles. The molecule has 1 aliphatic heterocycles. The monoisotopic (exact) mass is 445 g/mol. The first-order valence-corrected chi connectivity index (χ1v) is 11.0. The molecule has 1 amide bonds. The fourth-order valence-corrected chi connectivity index (χ4v) is 5.06. The van der Waals surface area contributed by atoms with E-state index in [4.69, 9.17) is 4.74 Å². The number of H-pyrrole nitrogens is 1. The number of morpholine rings is 1. The number of rotatable bonds is 6. The minimum atomic E-state index is -0.474. The Bertz CT molecular complexity index is 1110. The van der Waals surface area contributed by atoms with Gasteiger partial charge in [-0.25, -0.2) is 9.37 Å². The van der Waals surface area contributed by atoms with Crippen LogP contribution in [0.4, 0.5) is 9.52 Å². The van der Waals surface area contributed by atoms with Crippen molar-refractivity contribution >= 4 is 48.8 Å². The molecule has 0 aliphatic carbocycles. The summed E-state index contributed by atoms with van der Waals surface area (Å²) in [6.45, 7) is 8.69. The number of nitrogens with one attached hydrogen (secondary N) is 2. The van der Waals surface area contributed by atoms with Crippen molar-refractivity contribution in [2.24, 2.45) is 0 Å². The highest BCUT2D eigenvalue weighted by Crippen LogP contribution is 2.35. The summed E-state index contributed by atoms with van der Waals surface area (Å²) in [5, 5.41) is 10.1. The van der Waals surface area contributed by atoms with Gasteiger partial charge in [0.15, 0.2) is 10.9 Å². The van der Waals surface area contributed by atoms with Crippen LogP contribution in [0.2, 0.25) is 0 Å².